The van der Waals surface area contributed by atoms with E-state index in [4.69, 9.17) is 4.99 Å². The van der Waals surface area contributed by atoms with E-state index in [-0.39, 0.29) is 17.4 Å². The first kappa shape index (κ1) is 18.3. The Bertz CT molecular complexity index is 1110. The lowest BCUT2D eigenvalue weighted by molar-refractivity contribution is -0.385. The van der Waals surface area contributed by atoms with Crippen LogP contribution in [0.1, 0.15) is 23.6 Å². The van der Waals surface area contributed by atoms with Crippen molar-refractivity contribution >= 4 is 28.5 Å². The fourth-order valence-electron chi connectivity index (χ4n) is 3.30. The van der Waals surface area contributed by atoms with Gasteiger partial charge in [-0.05, 0) is 35.4 Å². The Labute approximate surface area is 165 Å². The van der Waals surface area contributed by atoms with Gasteiger partial charge in [0.25, 0.3) is 11.4 Å². The van der Waals surface area contributed by atoms with Gasteiger partial charge in [-0.3, -0.25) is 25.2 Å². The van der Waals surface area contributed by atoms with Crippen LogP contribution in [0.15, 0.2) is 77.8 Å². The maximum Gasteiger partial charge on any atom is 0.269 e. The summed E-state index contributed by atoms with van der Waals surface area (Å²) in [6.07, 6.45) is 0.518. The summed E-state index contributed by atoms with van der Waals surface area (Å²) in [6.45, 7) is 0. The molecule has 0 saturated heterocycles. The molecule has 0 fully saturated rings. The molecule has 0 amide bonds. The molecular weight excluding hydrogens is 372 g/mol. The molecule has 8 heteroatoms. The third-order valence-electron chi connectivity index (χ3n) is 4.80. The number of non-ortho nitro benzene ring substituents is 2. The Morgan fingerprint density at radius 1 is 0.828 bits per heavy atom. The van der Waals surface area contributed by atoms with Crippen molar-refractivity contribution in [3.05, 3.63) is 104 Å². The second-order valence-electron chi connectivity index (χ2n) is 6.63. The third-order valence-corrected chi connectivity index (χ3v) is 4.80. The van der Waals surface area contributed by atoms with Gasteiger partial charge in [-0.15, -0.1) is 0 Å². The number of anilines is 1. The number of nitrogens with one attached hydrogen (secondary N) is 1. The number of benzene rings is 3. The van der Waals surface area contributed by atoms with Crippen LogP contribution >= 0.6 is 0 Å². The molecule has 1 atom stereocenters. The number of nitro groups is 2. The molecular formula is C21H16N4O4. The van der Waals surface area contributed by atoms with Crippen molar-refractivity contribution in [1.29, 1.82) is 0 Å². The van der Waals surface area contributed by atoms with E-state index in [1.807, 2.05) is 24.3 Å². The molecule has 0 radical (unpaired) electrons. The van der Waals surface area contributed by atoms with E-state index >= 15 is 0 Å². The van der Waals surface area contributed by atoms with Crippen molar-refractivity contribution in [3.8, 4) is 0 Å². The first-order valence-corrected chi connectivity index (χ1v) is 8.93. The van der Waals surface area contributed by atoms with E-state index in [2.05, 4.69) is 5.32 Å². The van der Waals surface area contributed by atoms with Crippen molar-refractivity contribution < 1.29 is 9.85 Å². The van der Waals surface area contributed by atoms with Gasteiger partial charge in [0.15, 0.2) is 0 Å². The number of nitro benzene ring substituents is 2. The summed E-state index contributed by atoms with van der Waals surface area (Å²) in [5.41, 5.74) is 4.14. The number of nitrogens with zero attached hydrogens (tertiary/aromatic N) is 3. The zero-order chi connectivity index (χ0) is 20.4. The summed E-state index contributed by atoms with van der Waals surface area (Å²) < 4.78 is 0. The van der Waals surface area contributed by atoms with Crippen LogP contribution in [0, 0.1) is 20.2 Å². The zero-order valence-corrected chi connectivity index (χ0v) is 15.2. The molecule has 0 unspecified atom stereocenters. The minimum atomic E-state index is -0.435. The van der Waals surface area contributed by atoms with Crippen LogP contribution in [-0.2, 0) is 0 Å². The fraction of sp³-hybridized carbons (Fsp3) is 0.0952. The minimum Gasteiger partial charge on any atom is -0.376 e. The SMILES string of the molecule is O=[N+]([O-])c1ccc(C2=Nc3ccccc3N[C@H](c3ccc([N+](=O)[O-])cc3)C2)cc1. The number of aliphatic imine (C=N–C) groups is 1. The van der Waals surface area contributed by atoms with Crippen LogP contribution in [0.3, 0.4) is 0 Å². The van der Waals surface area contributed by atoms with E-state index in [0.717, 1.165) is 28.2 Å². The summed E-state index contributed by atoms with van der Waals surface area (Å²) >= 11 is 0. The van der Waals surface area contributed by atoms with Crippen molar-refractivity contribution in [2.24, 2.45) is 4.99 Å². The second-order valence-corrected chi connectivity index (χ2v) is 6.63. The minimum absolute atomic E-state index is 0.0217. The lowest BCUT2D eigenvalue weighted by Crippen LogP contribution is -2.14. The van der Waals surface area contributed by atoms with Gasteiger partial charge in [0.05, 0.1) is 33.0 Å². The highest BCUT2D eigenvalue weighted by atomic mass is 16.6. The molecule has 0 bridgehead atoms. The van der Waals surface area contributed by atoms with E-state index in [1.54, 1.807) is 24.3 Å². The van der Waals surface area contributed by atoms with Crippen LogP contribution in [0.2, 0.25) is 0 Å². The fourth-order valence-corrected chi connectivity index (χ4v) is 3.30. The summed E-state index contributed by atoms with van der Waals surface area (Å²) in [7, 11) is 0. The molecule has 8 nitrogen and oxygen atoms in total. The standard InChI is InChI=1S/C21H16N4O4/c26-24(27)16-9-5-14(6-10-16)20-13-21(15-7-11-17(12-8-15)25(28)29)23-19-4-2-1-3-18(19)22-20/h1-12,20,22H,13H2/t20-/m0/s1. The average Bonchev–Trinajstić information content (AvgIpc) is 2.93. The smallest absolute Gasteiger partial charge is 0.269 e. The average molecular weight is 388 g/mol. The van der Waals surface area contributed by atoms with Gasteiger partial charge in [0, 0.05) is 30.7 Å². The summed E-state index contributed by atoms with van der Waals surface area (Å²) in [4.78, 5) is 25.8. The lowest BCUT2D eigenvalue weighted by Gasteiger charge is -2.19. The van der Waals surface area contributed by atoms with Crippen molar-refractivity contribution in [2.75, 3.05) is 5.32 Å². The molecule has 0 aromatic heterocycles. The van der Waals surface area contributed by atoms with Crippen LogP contribution in [0.5, 0.6) is 0 Å². The monoisotopic (exact) mass is 388 g/mol. The van der Waals surface area contributed by atoms with Gasteiger partial charge in [0.1, 0.15) is 0 Å². The van der Waals surface area contributed by atoms with Crippen LogP contribution in [0.25, 0.3) is 0 Å². The maximum atomic E-state index is 10.9. The van der Waals surface area contributed by atoms with Crippen LogP contribution in [0.4, 0.5) is 22.7 Å². The normalized spacial score (nSPS) is 15.4. The molecule has 1 aliphatic heterocycles. The summed E-state index contributed by atoms with van der Waals surface area (Å²) in [5.74, 6) is 0. The molecule has 0 saturated carbocycles. The second kappa shape index (κ2) is 7.51. The van der Waals surface area contributed by atoms with E-state index in [9.17, 15) is 20.2 Å². The number of fused-ring (bicyclic) bond motifs is 1. The molecule has 0 aliphatic carbocycles. The lowest BCUT2D eigenvalue weighted by atomic mass is 9.97. The predicted octanol–water partition coefficient (Wildman–Crippen LogP) is 5.18. The van der Waals surface area contributed by atoms with E-state index in [0.29, 0.717) is 6.42 Å². The van der Waals surface area contributed by atoms with Gasteiger partial charge in [-0.1, -0.05) is 24.3 Å². The molecule has 3 aromatic carbocycles. The molecule has 1 heterocycles. The summed E-state index contributed by atoms with van der Waals surface area (Å²) in [6, 6.07) is 20.2. The topological polar surface area (TPSA) is 111 Å². The number of para-hydroxylation sites is 2. The Morgan fingerprint density at radius 2 is 1.41 bits per heavy atom. The highest BCUT2D eigenvalue weighted by Gasteiger charge is 2.22. The van der Waals surface area contributed by atoms with Gasteiger partial charge >= 0.3 is 0 Å². The Morgan fingerprint density at radius 3 is 2.03 bits per heavy atom. The Hall–Kier alpha value is -4.07. The first-order chi connectivity index (χ1) is 14.0. The molecule has 1 aliphatic rings. The number of rotatable bonds is 4. The van der Waals surface area contributed by atoms with Crippen molar-refractivity contribution in [1.82, 2.24) is 0 Å². The Balaban J connectivity index is 1.73. The molecule has 0 spiro atoms. The maximum absolute atomic E-state index is 10.9. The number of hydrogen-bond acceptors (Lipinski definition) is 6. The van der Waals surface area contributed by atoms with Crippen LogP contribution in [-0.4, -0.2) is 15.6 Å². The van der Waals surface area contributed by atoms with Gasteiger partial charge in [0.2, 0.25) is 0 Å². The predicted molar refractivity (Wildman–Crippen MR) is 110 cm³/mol. The van der Waals surface area contributed by atoms with E-state index in [1.165, 1.54) is 24.3 Å². The van der Waals surface area contributed by atoms with Gasteiger partial charge < -0.3 is 5.32 Å². The van der Waals surface area contributed by atoms with Crippen molar-refractivity contribution in [3.63, 3.8) is 0 Å². The molecule has 3 aromatic rings. The van der Waals surface area contributed by atoms with Gasteiger partial charge in [-0.25, -0.2) is 0 Å². The first-order valence-electron chi connectivity index (χ1n) is 8.93. The highest BCUT2D eigenvalue weighted by molar-refractivity contribution is 6.04. The molecule has 4 rings (SSSR count). The summed E-state index contributed by atoms with van der Waals surface area (Å²) in [5, 5.41) is 25.3. The zero-order valence-electron chi connectivity index (χ0n) is 15.2. The number of hydrogen-bond donors (Lipinski definition) is 1. The third kappa shape index (κ3) is 3.81. The highest BCUT2D eigenvalue weighted by Crippen LogP contribution is 2.35. The Kier molecular flexibility index (Phi) is 4.74. The van der Waals surface area contributed by atoms with Crippen LogP contribution < -0.4 is 5.32 Å². The quantitative estimate of drug-likeness (QED) is 0.489. The van der Waals surface area contributed by atoms with E-state index < -0.39 is 9.85 Å². The largest absolute Gasteiger partial charge is 0.376 e. The van der Waals surface area contributed by atoms with Crippen molar-refractivity contribution in [2.45, 2.75) is 12.5 Å². The molecule has 144 valence electrons. The van der Waals surface area contributed by atoms with Gasteiger partial charge in [-0.2, -0.15) is 0 Å². The molecule has 1 N–H and O–H groups in total. The molecule has 29 heavy (non-hydrogen) atoms.